The van der Waals surface area contributed by atoms with E-state index in [-0.39, 0.29) is 12.6 Å². The Morgan fingerprint density at radius 1 is 1.56 bits per heavy atom. The highest BCUT2D eigenvalue weighted by atomic mass is 16.4. The van der Waals surface area contributed by atoms with E-state index in [9.17, 15) is 9.59 Å². The number of carboxylic acid groups (broad SMARTS) is 1. The standard InChI is InChI=1S/C12H16N2O4/c15-11(16)10-2-1-4-14(7-10)12(17)13-6-9-3-5-18-8-9/h3,5,8,10H,1-2,4,6-7H2,(H,13,17)(H,15,16)/t10-/m1/s1. The van der Waals surface area contributed by atoms with Crippen molar-refractivity contribution in [1.29, 1.82) is 0 Å². The lowest BCUT2D eigenvalue weighted by atomic mass is 9.99. The van der Waals surface area contributed by atoms with Gasteiger partial charge in [-0.05, 0) is 18.9 Å². The molecule has 0 unspecified atom stereocenters. The van der Waals surface area contributed by atoms with Gasteiger partial charge in [-0.1, -0.05) is 0 Å². The molecule has 2 rings (SSSR count). The van der Waals surface area contributed by atoms with Crippen LogP contribution in [0.1, 0.15) is 18.4 Å². The predicted molar refractivity (Wildman–Crippen MR) is 62.9 cm³/mol. The highest BCUT2D eigenvalue weighted by Crippen LogP contribution is 2.16. The van der Waals surface area contributed by atoms with Crippen molar-refractivity contribution in [3.63, 3.8) is 0 Å². The number of carbonyl (C=O) groups is 2. The van der Waals surface area contributed by atoms with Crippen LogP contribution in [0.5, 0.6) is 0 Å². The smallest absolute Gasteiger partial charge is 0.317 e. The number of hydrogen-bond donors (Lipinski definition) is 2. The Morgan fingerprint density at radius 3 is 3.06 bits per heavy atom. The second-order valence-corrected chi connectivity index (χ2v) is 4.41. The van der Waals surface area contributed by atoms with Crippen molar-refractivity contribution in [2.24, 2.45) is 5.92 Å². The third kappa shape index (κ3) is 3.03. The number of hydrogen-bond acceptors (Lipinski definition) is 3. The van der Waals surface area contributed by atoms with Gasteiger partial charge in [0.15, 0.2) is 0 Å². The van der Waals surface area contributed by atoms with E-state index in [0.717, 1.165) is 12.0 Å². The molecule has 0 bridgehead atoms. The molecule has 1 atom stereocenters. The van der Waals surface area contributed by atoms with E-state index in [4.69, 9.17) is 9.52 Å². The highest BCUT2D eigenvalue weighted by molar-refractivity contribution is 5.76. The molecule has 0 aliphatic carbocycles. The molecule has 0 spiro atoms. The van der Waals surface area contributed by atoms with E-state index in [2.05, 4.69) is 5.32 Å². The molecule has 1 aliphatic rings. The molecule has 1 aromatic rings. The van der Waals surface area contributed by atoms with Gasteiger partial charge in [0.25, 0.3) is 0 Å². The number of piperidine rings is 1. The third-order valence-electron chi connectivity index (χ3n) is 3.08. The molecule has 1 aromatic heterocycles. The van der Waals surface area contributed by atoms with Gasteiger partial charge < -0.3 is 19.7 Å². The van der Waals surface area contributed by atoms with Crippen LogP contribution >= 0.6 is 0 Å². The molecule has 2 N–H and O–H groups in total. The lowest BCUT2D eigenvalue weighted by Gasteiger charge is -2.30. The second kappa shape index (κ2) is 5.57. The summed E-state index contributed by atoms with van der Waals surface area (Å²) < 4.78 is 4.90. The summed E-state index contributed by atoms with van der Waals surface area (Å²) in [5.74, 6) is -1.28. The topological polar surface area (TPSA) is 82.8 Å². The Balaban J connectivity index is 1.83. The summed E-state index contributed by atoms with van der Waals surface area (Å²) in [5, 5.41) is 11.7. The van der Waals surface area contributed by atoms with Gasteiger partial charge in [-0.25, -0.2) is 4.79 Å². The van der Waals surface area contributed by atoms with Crippen molar-refractivity contribution in [3.8, 4) is 0 Å². The molecule has 18 heavy (non-hydrogen) atoms. The van der Waals surface area contributed by atoms with Gasteiger partial charge in [-0.2, -0.15) is 0 Å². The van der Waals surface area contributed by atoms with Crippen LogP contribution in [-0.2, 0) is 11.3 Å². The largest absolute Gasteiger partial charge is 0.481 e. The lowest BCUT2D eigenvalue weighted by molar-refractivity contribution is -0.143. The van der Waals surface area contributed by atoms with E-state index < -0.39 is 11.9 Å². The minimum absolute atomic E-state index is 0.220. The van der Waals surface area contributed by atoms with Gasteiger partial charge in [-0.15, -0.1) is 0 Å². The van der Waals surface area contributed by atoms with Crippen LogP contribution in [0, 0.1) is 5.92 Å². The van der Waals surface area contributed by atoms with Crippen molar-refractivity contribution in [3.05, 3.63) is 24.2 Å². The molecular weight excluding hydrogens is 236 g/mol. The number of nitrogens with one attached hydrogen (secondary N) is 1. The van der Waals surface area contributed by atoms with Gasteiger partial charge in [0.2, 0.25) is 0 Å². The summed E-state index contributed by atoms with van der Waals surface area (Å²) in [6.45, 7) is 1.29. The average molecular weight is 252 g/mol. The number of amides is 2. The summed E-state index contributed by atoms with van der Waals surface area (Å²) >= 11 is 0. The summed E-state index contributed by atoms with van der Waals surface area (Å²) in [6.07, 6.45) is 4.48. The van der Waals surface area contributed by atoms with Crippen molar-refractivity contribution < 1.29 is 19.1 Å². The molecule has 1 aliphatic heterocycles. The first-order chi connectivity index (χ1) is 8.66. The molecule has 0 aromatic carbocycles. The van der Waals surface area contributed by atoms with Crippen LogP contribution in [0.15, 0.2) is 23.0 Å². The van der Waals surface area contributed by atoms with Gasteiger partial charge in [0, 0.05) is 25.2 Å². The van der Waals surface area contributed by atoms with Crippen LogP contribution in [-0.4, -0.2) is 35.1 Å². The number of carboxylic acids is 1. The quantitative estimate of drug-likeness (QED) is 0.849. The average Bonchev–Trinajstić information content (AvgIpc) is 2.89. The van der Waals surface area contributed by atoms with Crippen LogP contribution < -0.4 is 5.32 Å². The van der Waals surface area contributed by atoms with Crippen LogP contribution in [0.3, 0.4) is 0 Å². The zero-order valence-corrected chi connectivity index (χ0v) is 9.96. The predicted octanol–water partition coefficient (Wildman–Crippen LogP) is 1.29. The maximum absolute atomic E-state index is 11.9. The van der Waals surface area contributed by atoms with Gasteiger partial charge >= 0.3 is 12.0 Å². The third-order valence-corrected chi connectivity index (χ3v) is 3.08. The fourth-order valence-corrected chi connectivity index (χ4v) is 2.05. The first kappa shape index (κ1) is 12.5. The molecule has 2 amide bonds. The van der Waals surface area contributed by atoms with E-state index in [1.165, 1.54) is 0 Å². The maximum atomic E-state index is 11.9. The normalized spacial score (nSPS) is 19.6. The minimum atomic E-state index is -0.831. The Bertz CT molecular complexity index is 416. The van der Waals surface area contributed by atoms with Gasteiger partial charge in [0.1, 0.15) is 0 Å². The van der Waals surface area contributed by atoms with Crippen molar-refractivity contribution in [2.45, 2.75) is 19.4 Å². The minimum Gasteiger partial charge on any atom is -0.481 e. The molecule has 98 valence electrons. The molecule has 1 fully saturated rings. The van der Waals surface area contributed by atoms with Crippen molar-refractivity contribution in [2.75, 3.05) is 13.1 Å². The van der Waals surface area contributed by atoms with E-state index in [1.807, 2.05) is 0 Å². The van der Waals surface area contributed by atoms with E-state index >= 15 is 0 Å². The summed E-state index contributed by atoms with van der Waals surface area (Å²) in [4.78, 5) is 24.3. The number of nitrogens with zero attached hydrogens (tertiary/aromatic N) is 1. The molecule has 2 heterocycles. The lowest BCUT2D eigenvalue weighted by Crippen LogP contribution is -2.46. The zero-order valence-electron chi connectivity index (χ0n) is 9.96. The van der Waals surface area contributed by atoms with Crippen molar-refractivity contribution in [1.82, 2.24) is 10.2 Å². The molecule has 1 saturated heterocycles. The number of likely N-dealkylation sites (tertiary alicyclic amines) is 1. The van der Waals surface area contributed by atoms with Crippen molar-refractivity contribution >= 4 is 12.0 Å². The molecule has 6 nitrogen and oxygen atoms in total. The Hall–Kier alpha value is -1.98. The first-order valence-electron chi connectivity index (χ1n) is 5.93. The Labute approximate surface area is 105 Å². The van der Waals surface area contributed by atoms with E-state index in [0.29, 0.717) is 19.5 Å². The number of aliphatic carboxylic acids is 1. The summed E-state index contributed by atoms with van der Waals surface area (Å²) in [5.41, 5.74) is 0.884. The maximum Gasteiger partial charge on any atom is 0.317 e. The molecule has 6 heteroatoms. The monoisotopic (exact) mass is 252 g/mol. The zero-order chi connectivity index (χ0) is 13.0. The second-order valence-electron chi connectivity index (χ2n) is 4.41. The molecule has 0 saturated carbocycles. The Kier molecular flexibility index (Phi) is 3.86. The fraction of sp³-hybridized carbons (Fsp3) is 0.500. The molecular formula is C12H16N2O4. The summed E-state index contributed by atoms with van der Waals surface area (Å²) in [7, 11) is 0. The van der Waals surface area contributed by atoms with Gasteiger partial charge in [-0.3, -0.25) is 4.79 Å². The SMILES string of the molecule is O=C(O)[C@@H]1CCCN(C(=O)NCc2ccoc2)C1. The highest BCUT2D eigenvalue weighted by Gasteiger charge is 2.27. The number of rotatable bonds is 3. The van der Waals surface area contributed by atoms with Crippen LogP contribution in [0.2, 0.25) is 0 Å². The van der Waals surface area contributed by atoms with E-state index in [1.54, 1.807) is 23.5 Å². The molecule has 0 radical (unpaired) electrons. The number of furan rings is 1. The fourth-order valence-electron chi connectivity index (χ4n) is 2.05. The van der Waals surface area contributed by atoms with Crippen LogP contribution in [0.25, 0.3) is 0 Å². The Morgan fingerprint density at radius 2 is 2.39 bits per heavy atom. The van der Waals surface area contributed by atoms with Crippen LogP contribution in [0.4, 0.5) is 4.79 Å². The number of urea groups is 1. The van der Waals surface area contributed by atoms with Gasteiger partial charge in [0.05, 0.1) is 18.4 Å². The summed E-state index contributed by atoms with van der Waals surface area (Å²) in [6, 6.07) is 1.55. The number of carbonyl (C=O) groups excluding carboxylic acids is 1. The first-order valence-corrected chi connectivity index (χ1v) is 5.93.